The number of carbonyl (C=O) groups excluding carboxylic acids is 4. The van der Waals surface area contributed by atoms with E-state index in [4.69, 9.17) is 14.5 Å². The Labute approximate surface area is 427 Å². The number of carbonyl (C=O) groups is 4. The average Bonchev–Trinajstić information content (AvgIpc) is 4.16. The maximum atomic E-state index is 15.3. The molecule has 382 valence electrons. The van der Waals surface area contributed by atoms with Gasteiger partial charge in [0.1, 0.15) is 17.3 Å². The number of aliphatic hydroxyl groups excluding tert-OH is 2. The van der Waals surface area contributed by atoms with Gasteiger partial charge in [-0.15, -0.1) is 0 Å². The molecule has 7 bridgehead atoms. The van der Waals surface area contributed by atoms with E-state index >= 15 is 4.79 Å². The topological polar surface area (TPSA) is 167 Å². The molecule has 1 saturated heterocycles. The number of hydrogen-bond donors (Lipinski definition) is 4. The van der Waals surface area contributed by atoms with Gasteiger partial charge >= 0.3 is 11.9 Å². The van der Waals surface area contributed by atoms with E-state index in [1.807, 2.05) is 22.9 Å². The van der Waals surface area contributed by atoms with Crippen LogP contribution in [0.4, 0.5) is 5.82 Å². The SMILES string of the molecule is CCC1(C=C2OC(=O)C3=C2CCC2C4CCC5(C6=CCC(C7CCC(CCCO)CC7)C(NCC(O)C7CCCCC7)SSCNc7cc(ccn7)C(CN7C(=O)C=CC7=O)C4=C5C(=O)O6)C32)CCCC1. The molecular weight excluding hydrogens is 933 g/mol. The highest BCUT2D eigenvalue weighted by atomic mass is 33.1. The van der Waals surface area contributed by atoms with Crippen molar-refractivity contribution in [3.63, 3.8) is 0 Å². The number of fused-ring (bicyclic) bond motifs is 3. The van der Waals surface area contributed by atoms with Gasteiger partial charge in [0.15, 0.2) is 0 Å². The number of cyclic esters (lactones) is 1. The first-order valence-electron chi connectivity index (χ1n) is 27.5. The van der Waals surface area contributed by atoms with Gasteiger partial charge in [0, 0.05) is 61.0 Å². The van der Waals surface area contributed by atoms with Gasteiger partial charge in [-0.3, -0.25) is 14.5 Å². The lowest BCUT2D eigenvalue weighted by Gasteiger charge is -2.57. The standard InChI is InChI=1S/C57H74N4O8S2/c1-2-56(24-6-7-25-56)30-44-41-17-16-40-39-22-26-57(51(40)50(41)54(66)68-44)45-19-18-38(35-14-12-34(13-15-35)9-8-28-62)53(59-31-43(63)36-10-4-3-5-11-36)71-70-33-60-46-29-37(23-27-58-46)42(49(39)52(57)55(67)69-45)32-61-47(64)20-21-48(61)65/h19-21,23,27,29-30,34-36,38-40,42-43,51,53,59,62-63H,2-18,22,24-26,28,31-33H2,1H3,(H,58,60). The minimum Gasteiger partial charge on any atom is -0.427 e. The lowest BCUT2D eigenvalue weighted by molar-refractivity contribution is -0.137. The molecule has 1 spiro atoms. The molecule has 2 amide bonds. The zero-order valence-corrected chi connectivity index (χ0v) is 43.2. The number of aromatic nitrogens is 1. The van der Waals surface area contributed by atoms with E-state index in [0.717, 1.165) is 124 Å². The number of hydrogen-bond acceptors (Lipinski definition) is 13. The smallest absolute Gasteiger partial charge is 0.340 e. The van der Waals surface area contributed by atoms with Gasteiger partial charge in [-0.25, -0.2) is 14.6 Å². The Balaban J connectivity index is 1.06. The van der Waals surface area contributed by atoms with Crippen molar-refractivity contribution in [3.8, 4) is 0 Å². The van der Waals surface area contributed by atoms with Crippen molar-refractivity contribution in [1.29, 1.82) is 0 Å². The molecule has 1 aromatic rings. The number of ether oxygens (including phenoxy) is 2. The molecule has 4 N–H and O–H groups in total. The predicted octanol–water partition coefficient (Wildman–Crippen LogP) is 10.2. The van der Waals surface area contributed by atoms with Crippen molar-refractivity contribution >= 4 is 51.2 Å². The van der Waals surface area contributed by atoms with Gasteiger partial charge in [-0.05, 0) is 166 Å². The van der Waals surface area contributed by atoms with Crippen LogP contribution in [-0.4, -0.2) is 80.9 Å². The van der Waals surface area contributed by atoms with Crippen molar-refractivity contribution in [2.75, 3.05) is 30.9 Å². The van der Waals surface area contributed by atoms with Crippen LogP contribution in [0.15, 0.2) is 76.4 Å². The maximum absolute atomic E-state index is 15.3. The summed E-state index contributed by atoms with van der Waals surface area (Å²) < 4.78 is 13.2. The summed E-state index contributed by atoms with van der Waals surface area (Å²) >= 11 is 0. The zero-order chi connectivity index (χ0) is 48.9. The molecule has 71 heavy (non-hydrogen) atoms. The van der Waals surface area contributed by atoms with Crippen LogP contribution < -0.4 is 10.6 Å². The molecule has 0 radical (unpaired) electrons. The highest BCUT2D eigenvalue weighted by molar-refractivity contribution is 8.76. The van der Waals surface area contributed by atoms with Crippen molar-refractivity contribution in [2.45, 2.75) is 159 Å². The molecule has 12 nitrogen and oxygen atoms in total. The predicted molar refractivity (Wildman–Crippen MR) is 276 cm³/mol. The van der Waals surface area contributed by atoms with Gasteiger partial charge in [-0.1, -0.05) is 73.5 Å². The van der Waals surface area contributed by atoms with Crippen molar-refractivity contribution in [2.24, 2.45) is 52.3 Å². The average molecular weight is 1010 g/mol. The highest BCUT2D eigenvalue weighted by Gasteiger charge is 2.69. The lowest BCUT2D eigenvalue weighted by Crippen LogP contribution is -2.53. The van der Waals surface area contributed by atoms with E-state index in [9.17, 15) is 24.6 Å². The van der Waals surface area contributed by atoms with Crippen molar-refractivity contribution in [3.05, 3.63) is 82.0 Å². The molecule has 1 aromatic heterocycles. The first-order chi connectivity index (χ1) is 34.6. The summed E-state index contributed by atoms with van der Waals surface area (Å²) in [5, 5.41) is 28.9. The number of anilines is 1. The van der Waals surface area contributed by atoms with Crippen molar-refractivity contribution < 1.29 is 38.9 Å². The van der Waals surface area contributed by atoms with Gasteiger partial charge in [0.05, 0.1) is 28.3 Å². The second-order valence-corrected chi connectivity index (χ2v) is 25.3. The highest BCUT2D eigenvalue weighted by Crippen LogP contribution is 2.72. The Morgan fingerprint density at radius 3 is 2.49 bits per heavy atom. The minimum absolute atomic E-state index is 0.00213. The number of aliphatic hydroxyl groups is 2. The van der Waals surface area contributed by atoms with Gasteiger partial charge in [0.25, 0.3) is 11.8 Å². The molecule has 5 fully saturated rings. The molecule has 8 unspecified atom stereocenters. The van der Waals surface area contributed by atoms with Crippen LogP contribution in [-0.2, 0) is 28.7 Å². The third kappa shape index (κ3) is 9.24. The molecule has 5 heterocycles. The van der Waals surface area contributed by atoms with Crippen LogP contribution in [0.5, 0.6) is 0 Å². The first kappa shape index (κ1) is 49.5. The summed E-state index contributed by atoms with van der Waals surface area (Å²) in [7, 11) is 3.54. The second-order valence-electron chi connectivity index (χ2n) is 22.8. The molecule has 12 rings (SSSR count). The van der Waals surface area contributed by atoms with E-state index in [0.29, 0.717) is 60.7 Å². The molecule has 8 atom stereocenters. The summed E-state index contributed by atoms with van der Waals surface area (Å²) in [4.78, 5) is 63.1. The van der Waals surface area contributed by atoms with Gasteiger partial charge in [0.2, 0.25) is 0 Å². The Morgan fingerprint density at radius 2 is 1.73 bits per heavy atom. The van der Waals surface area contributed by atoms with E-state index in [-0.39, 0.29) is 71.3 Å². The number of rotatable bonds is 12. The largest absolute Gasteiger partial charge is 0.427 e. The van der Waals surface area contributed by atoms with Crippen LogP contribution in [0.25, 0.3) is 0 Å². The molecule has 14 heteroatoms. The normalized spacial score (nSPS) is 34.9. The first-order valence-corrected chi connectivity index (χ1v) is 29.9. The summed E-state index contributed by atoms with van der Waals surface area (Å²) in [5.41, 5.74) is 3.18. The Bertz CT molecular complexity index is 2390. The van der Waals surface area contributed by atoms with Crippen LogP contribution in [0, 0.1) is 52.3 Å². The number of nitrogens with zero attached hydrogens (tertiary/aromatic N) is 2. The minimum atomic E-state index is -0.952. The van der Waals surface area contributed by atoms with Gasteiger partial charge in [-0.2, -0.15) is 0 Å². The van der Waals surface area contributed by atoms with E-state index in [1.165, 1.54) is 36.3 Å². The molecule has 4 aliphatic heterocycles. The quantitative estimate of drug-likeness (QED) is 0.0888. The Morgan fingerprint density at radius 1 is 0.944 bits per heavy atom. The van der Waals surface area contributed by atoms with E-state index in [2.05, 4.69) is 29.7 Å². The second kappa shape index (κ2) is 20.9. The maximum Gasteiger partial charge on any atom is 0.340 e. The third-order valence-electron chi connectivity index (χ3n) is 19.4. The number of imide groups is 1. The monoisotopic (exact) mass is 1010 g/mol. The molecular formula is C57H74N4O8S2. The number of amides is 2. The molecule has 0 aromatic carbocycles. The number of pyridine rings is 1. The number of nitrogens with one attached hydrogen (secondary N) is 2. The number of allylic oxidation sites excluding steroid dienone is 4. The van der Waals surface area contributed by atoms with Crippen LogP contribution in [0.2, 0.25) is 0 Å². The fourth-order valence-corrected chi connectivity index (χ4v) is 18.2. The lowest BCUT2D eigenvalue weighted by atomic mass is 9.43. The van der Waals surface area contributed by atoms with E-state index < -0.39 is 23.4 Å². The fourth-order valence-electron chi connectivity index (χ4n) is 15.7. The van der Waals surface area contributed by atoms with Crippen LogP contribution in [0.3, 0.4) is 0 Å². The summed E-state index contributed by atoms with van der Waals surface area (Å²) in [6, 6.07) is 3.97. The number of esters is 2. The van der Waals surface area contributed by atoms with Crippen molar-refractivity contribution in [1.82, 2.24) is 15.2 Å². The van der Waals surface area contributed by atoms with Crippen LogP contribution >= 0.6 is 21.6 Å². The Kier molecular flexibility index (Phi) is 14.6. The van der Waals surface area contributed by atoms with Crippen LogP contribution in [0.1, 0.15) is 153 Å². The molecule has 11 aliphatic rings. The van der Waals surface area contributed by atoms with Gasteiger partial charge < -0.3 is 30.3 Å². The summed E-state index contributed by atoms with van der Waals surface area (Å²) in [5.74, 6) is 1.58. The molecule has 7 aliphatic carbocycles. The summed E-state index contributed by atoms with van der Waals surface area (Å²) in [6.07, 6.45) is 29.4. The van der Waals surface area contributed by atoms with E-state index in [1.54, 1.807) is 17.0 Å². The summed E-state index contributed by atoms with van der Waals surface area (Å²) in [6.45, 7) is 3.04. The fraction of sp³-hybridized carbons (Fsp3) is 0.667. The Hall–Kier alpha value is -3.69. The zero-order valence-electron chi connectivity index (χ0n) is 41.5. The third-order valence-corrected chi connectivity index (χ3v) is 21.9. The molecule has 4 saturated carbocycles.